The lowest BCUT2D eigenvalue weighted by Crippen LogP contribution is -2.28. The first-order chi connectivity index (χ1) is 16.8. The summed E-state index contributed by atoms with van der Waals surface area (Å²) >= 11 is 1.63. The molecule has 4 heterocycles. The van der Waals surface area contributed by atoms with Gasteiger partial charge in [0, 0.05) is 29.4 Å². The molecule has 0 atom stereocenters. The summed E-state index contributed by atoms with van der Waals surface area (Å²) in [6.07, 6.45) is 2.23. The number of likely N-dealkylation sites (tertiary alicyclic amines) is 1. The van der Waals surface area contributed by atoms with Gasteiger partial charge in [0.05, 0.1) is 34.3 Å². The van der Waals surface area contributed by atoms with E-state index in [4.69, 9.17) is 4.98 Å². The Morgan fingerprint density at radius 2 is 1.80 bits per heavy atom. The van der Waals surface area contributed by atoms with Gasteiger partial charge in [-0.25, -0.2) is 9.67 Å². The predicted octanol–water partition coefficient (Wildman–Crippen LogP) is 4.95. The Morgan fingerprint density at radius 3 is 2.43 bits per heavy atom. The lowest BCUT2D eigenvalue weighted by atomic mass is 10.1. The second kappa shape index (κ2) is 9.07. The highest BCUT2D eigenvalue weighted by Crippen LogP contribution is 2.31. The van der Waals surface area contributed by atoms with Gasteiger partial charge in [0.2, 0.25) is 11.8 Å². The largest absolute Gasteiger partial charge is 0.322 e. The second-order valence-electron chi connectivity index (χ2n) is 8.91. The highest BCUT2D eigenvalue weighted by Gasteiger charge is 2.28. The second-order valence-corrected chi connectivity index (χ2v) is 10.2. The maximum absolute atomic E-state index is 13.4. The van der Waals surface area contributed by atoms with Crippen molar-refractivity contribution in [1.82, 2.24) is 19.7 Å². The SMILES string of the molecule is Cc1ccc(-c2cc(C(=O)Nc3ccc(CN4C(=O)CCC4=O)cc3)c3cnn(C(C)C)c3n2)s1. The van der Waals surface area contributed by atoms with Crippen LogP contribution in [-0.4, -0.2) is 37.4 Å². The summed E-state index contributed by atoms with van der Waals surface area (Å²) in [4.78, 5) is 45.4. The molecule has 178 valence electrons. The van der Waals surface area contributed by atoms with E-state index in [1.165, 1.54) is 9.78 Å². The number of nitrogens with one attached hydrogen (secondary N) is 1. The minimum absolute atomic E-state index is 0.0955. The molecule has 5 rings (SSSR count). The van der Waals surface area contributed by atoms with Crippen molar-refractivity contribution in [3.05, 3.63) is 64.7 Å². The van der Waals surface area contributed by atoms with Crippen LogP contribution in [0.2, 0.25) is 0 Å². The van der Waals surface area contributed by atoms with Gasteiger partial charge in [-0.2, -0.15) is 5.10 Å². The van der Waals surface area contributed by atoms with E-state index in [1.54, 1.807) is 29.7 Å². The van der Waals surface area contributed by atoms with Crippen LogP contribution >= 0.6 is 11.3 Å². The van der Waals surface area contributed by atoms with E-state index >= 15 is 0 Å². The summed E-state index contributed by atoms with van der Waals surface area (Å²) in [5, 5.41) is 8.13. The number of amides is 3. The van der Waals surface area contributed by atoms with Crippen molar-refractivity contribution in [2.45, 2.75) is 46.2 Å². The minimum Gasteiger partial charge on any atom is -0.322 e. The van der Waals surface area contributed by atoms with Crippen LogP contribution in [0.1, 0.15) is 53.5 Å². The van der Waals surface area contributed by atoms with Crippen LogP contribution in [-0.2, 0) is 16.1 Å². The third kappa shape index (κ3) is 4.46. The van der Waals surface area contributed by atoms with Crippen LogP contribution in [0.15, 0.2) is 48.7 Å². The molecule has 35 heavy (non-hydrogen) atoms. The Labute approximate surface area is 206 Å². The topological polar surface area (TPSA) is 97.2 Å². The zero-order valence-electron chi connectivity index (χ0n) is 19.7. The smallest absolute Gasteiger partial charge is 0.256 e. The molecule has 0 radical (unpaired) electrons. The molecule has 1 saturated heterocycles. The molecule has 0 spiro atoms. The highest BCUT2D eigenvalue weighted by molar-refractivity contribution is 7.15. The molecule has 3 amide bonds. The predicted molar refractivity (Wildman–Crippen MR) is 135 cm³/mol. The van der Waals surface area contributed by atoms with Crippen molar-refractivity contribution in [2.24, 2.45) is 0 Å². The number of hydrogen-bond acceptors (Lipinski definition) is 6. The number of benzene rings is 1. The molecule has 4 aromatic rings. The quantitative estimate of drug-likeness (QED) is 0.388. The fraction of sp³-hybridized carbons (Fsp3) is 0.269. The molecule has 0 unspecified atom stereocenters. The number of aromatic nitrogens is 3. The summed E-state index contributed by atoms with van der Waals surface area (Å²) in [5.74, 6) is -0.548. The number of hydrogen-bond donors (Lipinski definition) is 1. The van der Waals surface area contributed by atoms with Gasteiger partial charge in [-0.3, -0.25) is 19.3 Å². The number of nitrogens with zero attached hydrogens (tertiary/aromatic N) is 4. The number of carbonyl (C=O) groups excluding carboxylic acids is 3. The number of rotatable bonds is 6. The standard InChI is InChI=1S/C26H25N5O3S/c1-15(2)31-25-20(13-27-31)19(12-21(29-25)22-9-4-16(3)35-22)26(34)28-18-7-5-17(6-8-18)14-30-23(32)10-11-24(30)33/h4-9,12-13,15H,10-11,14H2,1-3H3,(H,28,34). The lowest BCUT2D eigenvalue weighted by Gasteiger charge is -2.14. The fourth-order valence-electron chi connectivity index (χ4n) is 4.16. The van der Waals surface area contributed by atoms with Crippen molar-refractivity contribution in [2.75, 3.05) is 5.32 Å². The van der Waals surface area contributed by atoms with Gasteiger partial charge in [-0.05, 0) is 56.7 Å². The van der Waals surface area contributed by atoms with Crippen molar-refractivity contribution >= 4 is 45.8 Å². The average molecular weight is 488 g/mol. The number of carbonyl (C=O) groups is 3. The molecule has 0 saturated carbocycles. The van der Waals surface area contributed by atoms with Crippen LogP contribution in [0.4, 0.5) is 5.69 Å². The molecule has 8 nitrogen and oxygen atoms in total. The Morgan fingerprint density at radius 1 is 1.09 bits per heavy atom. The summed E-state index contributed by atoms with van der Waals surface area (Å²) in [5.41, 5.74) is 3.35. The van der Waals surface area contributed by atoms with Crippen LogP contribution < -0.4 is 5.32 Å². The molecule has 1 aliphatic heterocycles. The van der Waals surface area contributed by atoms with Gasteiger partial charge in [-0.1, -0.05) is 12.1 Å². The molecule has 3 aromatic heterocycles. The van der Waals surface area contributed by atoms with Crippen molar-refractivity contribution < 1.29 is 14.4 Å². The van der Waals surface area contributed by atoms with Crippen LogP contribution in [0, 0.1) is 6.92 Å². The number of thiophene rings is 1. The van der Waals surface area contributed by atoms with E-state index < -0.39 is 0 Å². The van der Waals surface area contributed by atoms with Gasteiger partial charge in [0.25, 0.3) is 5.91 Å². The molecule has 1 N–H and O–H groups in total. The molecular weight excluding hydrogens is 462 g/mol. The molecule has 1 aromatic carbocycles. The number of pyridine rings is 1. The first-order valence-electron chi connectivity index (χ1n) is 11.5. The maximum atomic E-state index is 13.4. The minimum atomic E-state index is -0.257. The van der Waals surface area contributed by atoms with E-state index in [2.05, 4.69) is 10.4 Å². The maximum Gasteiger partial charge on any atom is 0.256 e. The van der Waals surface area contributed by atoms with E-state index in [9.17, 15) is 14.4 Å². The van der Waals surface area contributed by atoms with Gasteiger partial charge in [0.1, 0.15) is 0 Å². The summed E-state index contributed by atoms with van der Waals surface area (Å²) in [6.45, 7) is 6.34. The van der Waals surface area contributed by atoms with E-state index in [0.717, 1.165) is 16.1 Å². The normalized spacial score (nSPS) is 13.9. The van der Waals surface area contributed by atoms with Crippen molar-refractivity contribution in [1.29, 1.82) is 0 Å². The summed E-state index contributed by atoms with van der Waals surface area (Å²) in [7, 11) is 0. The highest BCUT2D eigenvalue weighted by atomic mass is 32.1. The zero-order valence-corrected chi connectivity index (χ0v) is 20.6. The molecule has 9 heteroatoms. The molecule has 0 bridgehead atoms. The van der Waals surface area contributed by atoms with Gasteiger partial charge < -0.3 is 5.32 Å². The van der Waals surface area contributed by atoms with Gasteiger partial charge in [0.15, 0.2) is 5.65 Å². The first-order valence-corrected chi connectivity index (χ1v) is 12.3. The van der Waals surface area contributed by atoms with Crippen LogP contribution in [0.5, 0.6) is 0 Å². The third-order valence-electron chi connectivity index (χ3n) is 6.00. The monoisotopic (exact) mass is 487 g/mol. The van der Waals surface area contributed by atoms with Crippen molar-refractivity contribution in [3.63, 3.8) is 0 Å². The third-order valence-corrected chi connectivity index (χ3v) is 7.02. The molecule has 0 aliphatic carbocycles. The molecular formula is C26H25N5O3S. The van der Waals surface area contributed by atoms with Crippen LogP contribution in [0.3, 0.4) is 0 Å². The average Bonchev–Trinajstić information content (AvgIpc) is 3.54. The number of aryl methyl sites for hydroxylation is 1. The Bertz CT molecular complexity index is 1440. The fourth-order valence-corrected chi connectivity index (χ4v) is 4.98. The molecule has 1 aliphatic rings. The number of anilines is 1. The zero-order chi connectivity index (χ0) is 24.7. The van der Waals surface area contributed by atoms with E-state index in [1.807, 2.05) is 55.8 Å². The van der Waals surface area contributed by atoms with E-state index in [-0.39, 0.29) is 43.1 Å². The van der Waals surface area contributed by atoms with Crippen LogP contribution in [0.25, 0.3) is 21.6 Å². The summed E-state index contributed by atoms with van der Waals surface area (Å²) < 4.78 is 1.83. The summed E-state index contributed by atoms with van der Waals surface area (Å²) in [6, 6.07) is 13.1. The number of fused-ring (bicyclic) bond motifs is 1. The Hall–Kier alpha value is -3.85. The van der Waals surface area contributed by atoms with E-state index in [0.29, 0.717) is 22.3 Å². The van der Waals surface area contributed by atoms with Gasteiger partial charge >= 0.3 is 0 Å². The van der Waals surface area contributed by atoms with Crippen molar-refractivity contribution in [3.8, 4) is 10.6 Å². The lowest BCUT2D eigenvalue weighted by molar-refractivity contribution is -0.139. The molecule has 1 fully saturated rings. The Kier molecular flexibility index (Phi) is 5.94. The number of imide groups is 1. The Balaban J connectivity index is 1.43. The first kappa shape index (κ1) is 22.9. The van der Waals surface area contributed by atoms with Gasteiger partial charge in [-0.15, -0.1) is 11.3 Å².